The summed E-state index contributed by atoms with van der Waals surface area (Å²) in [7, 11) is 0. The fourth-order valence-corrected chi connectivity index (χ4v) is 2.91. The molecule has 138 valence electrons. The molecule has 1 amide bonds. The van der Waals surface area contributed by atoms with Gasteiger partial charge in [0.2, 0.25) is 5.91 Å². The lowest BCUT2D eigenvalue weighted by molar-refractivity contribution is -0.115. The highest BCUT2D eigenvalue weighted by Crippen LogP contribution is 2.25. The number of carbonyl (C=O) groups is 1. The number of amides is 1. The van der Waals surface area contributed by atoms with Gasteiger partial charge >= 0.3 is 0 Å². The molecule has 5 heteroatoms. The summed E-state index contributed by atoms with van der Waals surface area (Å²) in [6.45, 7) is 4.89. The number of rotatable bonds is 6. The number of aromatic nitrogens is 1. The zero-order valence-electron chi connectivity index (χ0n) is 15.4. The van der Waals surface area contributed by atoms with Gasteiger partial charge in [0.05, 0.1) is 18.3 Å². The minimum Gasteiger partial charge on any atom is -0.327 e. The molecule has 0 saturated heterocycles. The Labute approximate surface area is 158 Å². The molecule has 0 aliphatic heterocycles. The molecule has 3 aromatic rings. The summed E-state index contributed by atoms with van der Waals surface area (Å²) in [4.78, 5) is 18.7. The van der Waals surface area contributed by atoms with Crippen LogP contribution < -0.4 is 10.2 Å². The number of halogens is 1. The molecule has 1 heterocycles. The van der Waals surface area contributed by atoms with E-state index < -0.39 is 0 Å². The number of aryl methyl sites for hydroxylation is 1. The van der Waals surface area contributed by atoms with Crippen LogP contribution in [-0.2, 0) is 11.2 Å². The van der Waals surface area contributed by atoms with Crippen molar-refractivity contribution in [3.8, 4) is 0 Å². The van der Waals surface area contributed by atoms with Crippen molar-refractivity contribution in [2.75, 3.05) is 16.8 Å². The van der Waals surface area contributed by atoms with Crippen molar-refractivity contribution in [2.45, 2.75) is 20.3 Å². The summed E-state index contributed by atoms with van der Waals surface area (Å²) >= 11 is 0. The van der Waals surface area contributed by atoms with Crippen molar-refractivity contribution in [3.63, 3.8) is 0 Å². The molecule has 0 aliphatic rings. The molecule has 3 rings (SSSR count). The summed E-state index contributed by atoms with van der Waals surface area (Å²) < 4.78 is 13.7. The van der Waals surface area contributed by atoms with Crippen molar-refractivity contribution in [2.24, 2.45) is 0 Å². The maximum atomic E-state index is 13.7. The van der Waals surface area contributed by atoms with Gasteiger partial charge in [-0.15, -0.1) is 0 Å². The van der Waals surface area contributed by atoms with E-state index in [4.69, 9.17) is 0 Å². The Morgan fingerprint density at radius 2 is 1.93 bits per heavy atom. The Morgan fingerprint density at radius 1 is 1.11 bits per heavy atom. The van der Waals surface area contributed by atoms with Crippen LogP contribution in [0.5, 0.6) is 0 Å². The largest absolute Gasteiger partial charge is 0.327 e. The Balaban J connectivity index is 1.69. The third-order valence-corrected chi connectivity index (χ3v) is 4.25. The molecule has 0 radical (unpaired) electrons. The van der Waals surface area contributed by atoms with Crippen LogP contribution in [0.25, 0.3) is 0 Å². The lowest BCUT2D eigenvalue weighted by atomic mass is 10.1. The monoisotopic (exact) mass is 363 g/mol. The molecule has 27 heavy (non-hydrogen) atoms. The van der Waals surface area contributed by atoms with Crippen molar-refractivity contribution in [1.29, 1.82) is 0 Å². The lowest BCUT2D eigenvalue weighted by Crippen LogP contribution is -2.18. The van der Waals surface area contributed by atoms with E-state index in [-0.39, 0.29) is 18.1 Å². The molecule has 0 unspecified atom stereocenters. The lowest BCUT2D eigenvalue weighted by Gasteiger charge is -2.22. The van der Waals surface area contributed by atoms with Crippen LogP contribution in [0, 0.1) is 12.7 Å². The summed E-state index contributed by atoms with van der Waals surface area (Å²) in [5.41, 5.74) is 3.21. The number of hydrogen-bond acceptors (Lipinski definition) is 3. The number of carbonyl (C=O) groups excluding carboxylic acids is 1. The van der Waals surface area contributed by atoms with E-state index in [9.17, 15) is 9.18 Å². The van der Waals surface area contributed by atoms with Gasteiger partial charge in [-0.2, -0.15) is 0 Å². The van der Waals surface area contributed by atoms with Crippen LogP contribution in [0.1, 0.15) is 18.1 Å². The van der Waals surface area contributed by atoms with Crippen molar-refractivity contribution in [1.82, 2.24) is 4.98 Å². The van der Waals surface area contributed by atoms with Gasteiger partial charge in [0.25, 0.3) is 0 Å². The van der Waals surface area contributed by atoms with Gasteiger partial charge in [0.1, 0.15) is 11.6 Å². The second kappa shape index (κ2) is 8.45. The van der Waals surface area contributed by atoms with Crippen molar-refractivity contribution < 1.29 is 9.18 Å². The van der Waals surface area contributed by atoms with Crippen LogP contribution in [0.15, 0.2) is 66.9 Å². The SMILES string of the molecule is CCN(c1cccc(C)c1)c1ccc(NC(=O)Cc2ccccc2F)cn1. The average Bonchev–Trinajstić information content (AvgIpc) is 2.66. The Hall–Kier alpha value is -3.21. The molecule has 0 spiro atoms. The first kappa shape index (κ1) is 18.6. The van der Waals surface area contributed by atoms with Crippen LogP contribution in [0.3, 0.4) is 0 Å². The van der Waals surface area contributed by atoms with Crippen LogP contribution >= 0.6 is 0 Å². The number of hydrogen-bond donors (Lipinski definition) is 1. The van der Waals surface area contributed by atoms with E-state index >= 15 is 0 Å². The molecule has 1 N–H and O–H groups in total. The molecule has 2 aromatic carbocycles. The minimum atomic E-state index is -0.377. The summed E-state index contributed by atoms with van der Waals surface area (Å²) in [6.07, 6.45) is 1.60. The number of nitrogens with one attached hydrogen (secondary N) is 1. The number of pyridine rings is 1. The fraction of sp³-hybridized carbons (Fsp3) is 0.182. The Kier molecular flexibility index (Phi) is 5.81. The first-order valence-corrected chi connectivity index (χ1v) is 8.90. The predicted octanol–water partition coefficient (Wildman–Crippen LogP) is 4.87. The maximum Gasteiger partial charge on any atom is 0.228 e. The van der Waals surface area contributed by atoms with Crippen LogP contribution in [0.4, 0.5) is 21.6 Å². The highest BCUT2D eigenvalue weighted by molar-refractivity contribution is 5.92. The molecule has 0 saturated carbocycles. The van der Waals surface area contributed by atoms with Gasteiger partial charge in [0.15, 0.2) is 0 Å². The maximum absolute atomic E-state index is 13.7. The number of benzene rings is 2. The Morgan fingerprint density at radius 3 is 2.59 bits per heavy atom. The summed E-state index contributed by atoms with van der Waals surface area (Å²) in [5.74, 6) is 0.147. The standard InChI is InChI=1S/C22H22FN3O/c1-3-26(19-9-6-7-16(2)13-19)21-12-11-18(15-24-21)25-22(27)14-17-8-4-5-10-20(17)23/h4-13,15H,3,14H2,1-2H3,(H,25,27). The molecule has 0 bridgehead atoms. The number of nitrogens with zero attached hydrogens (tertiary/aromatic N) is 2. The van der Waals surface area contributed by atoms with Crippen LogP contribution in [-0.4, -0.2) is 17.4 Å². The van der Waals surface area contributed by atoms with E-state index in [1.165, 1.54) is 11.6 Å². The van der Waals surface area contributed by atoms with E-state index in [2.05, 4.69) is 41.2 Å². The van der Waals surface area contributed by atoms with E-state index in [0.29, 0.717) is 11.3 Å². The summed E-state index contributed by atoms with van der Waals surface area (Å²) in [6, 6.07) is 18.2. The normalized spacial score (nSPS) is 10.5. The van der Waals surface area contributed by atoms with Gasteiger partial charge in [0, 0.05) is 12.2 Å². The highest BCUT2D eigenvalue weighted by Gasteiger charge is 2.11. The first-order valence-electron chi connectivity index (χ1n) is 8.90. The molecule has 0 fully saturated rings. The van der Waals surface area contributed by atoms with Crippen LogP contribution in [0.2, 0.25) is 0 Å². The van der Waals surface area contributed by atoms with Gasteiger partial charge in [-0.25, -0.2) is 9.37 Å². The van der Waals surface area contributed by atoms with E-state index in [1.54, 1.807) is 30.5 Å². The second-order valence-electron chi connectivity index (χ2n) is 6.30. The molecule has 4 nitrogen and oxygen atoms in total. The second-order valence-corrected chi connectivity index (χ2v) is 6.30. The highest BCUT2D eigenvalue weighted by atomic mass is 19.1. The van der Waals surface area contributed by atoms with E-state index in [0.717, 1.165) is 18.1 Å². The quantitative estimate of drug-likeness (QED) is 0.680. The minimum absolute atomic E-state index is 0.0151. The first-order chi connectivity index (χ1) is 13.1. The molecule has 1 aromatic heterocycles. The molecular formula is C22H22FN3O. The van der Waals surface area contributed by atoms with Crippen molar-refractivity contribution in [3.05, 3.63) is 83.8 Å². The van der Waals surface area contributed by atoms with Gasteiger partial charge in [-0.3, -0.25) is 4.79 Å². The van der Waals surface area contributed by atoms with Gasteiger partial charge in [-0.1, -0.05) is 30.3 Å². The molecule has 0 atom stereocenters. The fourth-order valence-electron chi connectivity index (χ4n) is 2.91. The number of anilines is 3. The van der Waals surface area contributed by atoms with E-state index in [1.807, 2.05) is 18.2 Å². The molecular weight excluding hydrogens is 341 g/mol. The average molecular weight is 363 g/mol. The molecule has 0 aliphatic carbocycles. The summed E-state index contributed by atoms with van der Waals surface area (Å²) in [5, 5.41) is 2.76. The topological polar surface area (TPSA) is 45.2 Å². The van der Waals surface area contributed by atoms with Gasteiger partial charge in [-0.05, 0) is 55.3 Å². The zero-order chi connectivity index (χ0) is 19.2. The Bertz CT molecular complexity index is 925. The third-order valence-electron chi connectivity index (χ3n) is 4.25. The smallest absolute Gasteiger partial charge is 0.228 e. The third kappa shape index (κ3) is 4.70. The zero-order valence-corrected chi connectivity index (χ0v) is 15.4. The van der Waals surface area contributed by atoms with Gasteiger partial charge < -0.3 is 10.2 Å². The van der Waals surface area contributed by atoms with Crippen molar-refractivity contribution >= 4 is 23.1 Å². The predicted molar refractivity (Wildman–Crippen MR) is 107 cm³/mol.